The number of methoxy groups -OCH3 is 1. The molecule has 17 heavy (non-hydrogen) atoms. The second-order valence-corrected chi connectivity index (χ2v) is 3.22. The molecule has 1 aromatic carbocycles. The number of nitrogens with zero attached hydrogens (tertiary/aromatic N) is 2. The van der Waals surface area contributed by atoms with E-state index in [1.54, 1.807) is 19.1 Å². The number of carbonyl (C=O) groups is 1. The summed E-state index contributed by atoms with van der Waals surface area (Å²) >= 11 is 0. The molecule has 0 amide bonds. The van der Waals surface area contributed by atoms with Crippen LogP contribution in [0.3, 0.4) is 0 Å². The minimum Gasteiger partial charge on any atom is -0.465 e. The lowest BCUT2D eigenvalue weighted by Crippen LogP contribution is -2.05. The molecule has 0 N–H and O–H groups in total. The van der Waals surface area contributed by atoms with Gasteiger partial charge in [-0.05, 0) is 19.1 Å². The Morgan fingerprint density at radius 2 is 2.12 bits per heavy atom. The van der Waals surface area contributed by atoms with Crippen LogP contribution in [0.15, 0.2) is 23.4 Å². The molecule has 0 fully saturated rings. The number of esters is 1. The van der Waals surface area contributed by atoms with Gasteiger partial charge in [0, 0.05) is 5.56 Å². The Kier molecular flexibility index (Phi) is 4.23. The Morgan fingerprint density at radius 1 is 1.41 bits per heavy atom. The van der Waals surface area contributed by atoms with Crippen molar-refractivity contribution in [2.45, 2.75) is 6.92 Å². The summed E-state index contributed by atoms with van der Waals surface area (Å²) in [6.45, 7) is 1.72. The maximum absolute atomic E-state index is 11.3. The Bertz CT molecular complexity index is 501. The largest absolute Gasteiger partial charge is 0.465 e. The van der Waals surface area contributed by atoms with E-state index in [0.717, 1.165) is 0 Å². The van der Waals surface area contributed by atoms with Gasteiger partial charge in [0.2, 0.25) is 0 Å². The zero-order chi connectivity index (χ0) is 12.8. The highest BCUT2D eigenvalue weighted by Crippen LogP contribution is 2.13. The molecular weight excluding hydrogens is 220 g/mol. The maximum atomic E-state index is 11.3. The van der Waals surface area contributed by atoms with Crippen molar-refractivity contribution >= 4 is 11.7 Å². The first kappa shape index (κ1) is 12.7. The van der Waals surface area contributed by atoms with Gasteiger partial charge in [0.1, 0.15) is 7.11 Å². The van der Waals surface area contributed by atoms with Crippen LogP contribution in [0.4, 0.5) is 0 Å². The molecule has 1 aromatic rings. The highest BCUT2D eigenvalue weighted by molar-refractivity contribution is 6.01. The zero-order valence-corrected chi connectivity index (χ0v) is 9.85. The van der Waals surface area contributed by atoms with Gasteiger partial charge in [0.25, 0.3) is 0 Å². The van der Waals surface area contributed by atoms with Gasteiger partial charge in [-0.15, -0.1) is 0 Å². The zero-order valence-electron chi connectivity index (χ0n) is 9.85. The van der Waals surface area contributed by atoms with E-state index in [2.05, 4.69) is 14.7 Å². The van der Waals surface area contributed by atoms with Gasteiger partial charge < -0.3 is 9.57 Å². The van der Waals surface area contributed by atoms with Gasteiger partial charge in [-0.2, -0.15) is 5.26 Å². The van der Waals surface area contributed by atoms with Gasteiger partial charge >= 0.3 is 5.97 Å². The van der Waals surface area contributed by atoms with Crippen molar-refractivity contribution in [2.24, 2.45) is 5.16 Å². The van der Waals surface area contributed by atoms with Crippen molar-refractivity contribution < 1.29 is 14.4 Å². The summed E-state index contributed by atoms with van der Waals surface area (Å²) in [5, 5.41) is 12.8. The summed E-state index contributed by atoms with van der Waals surface area (Å²) in [6, 6.07) is 6.70. The van der Waals surface area contributed by atoms with Crippen LogP contribution in [0.5, 0.6) is 0 Å². The number of nitriles is 1. The van der Waals surface area contributed by atoms with Gasteiger partial charge in [-0.25, -0.2) is 4.79 Å². The number of benzene rings is 1. The third-order valence-corrected chi connectivity index (χ3v) is 2.18. The van der Waals surface area contributed by atoms with Crippen molar-refractivity contribution in [3.8, 4) is 6.07 Å². The number of rotatable bonds is 3. The van der Waals surface area contributed by atoms with Gasteiger partial charge in [-0.1, -0.05) is 11.2 Å². The van der Waals surface area contributed by atoms with Crippen LogP contribution in [-0.2, 0) is 9.57 Å². The van der Waals surface area contributed by atoms with Crippen LogP contribution in [0.2, 0.25) is 0 Å². The van der Waals surface area contributed by atoms with Gasteiger partial charge in [-0.3, -0.25) is 0 Å². The summed E-state index contributed by atoms with van der Waals surface area (Å²) < 4.78 is 4.58. The van der Waals surface area contributed by atoms with Crippen LogP contribution in [0.1, 0.15) is 28.4 Å². The van der Waals surface area contributed by atoms with Gasteiger partial charge in [0.15, 0.2) is 0 Å². The quantitative estimate of drug-likeness (QED) is 0.452. The smallest absolute Gasteiger partial charge is 0.337 e. The predicted octanol–water partition coefficient (Wildman–Crippen LogP) is 1.72. The minimum atomic E-state index is -0.477. The van der Waals surface area contributed by atoms with E-state index in [0.29, 0.717) is 22.4 Å². The fourth-order valence-electron chi connectivity index (χ4n) is 1.38. The van der Waals surface area contributed by atoms with Gasteiger partial charge in [0.05, 0.1) is 30.0 Å². The number of carbonyl (C=O) groups excluding carboxylic acids is 1. The molecular formula is C12H12N2O3. The monoisotopic (exact) mass is 232 g/mol. The first-order valence-corrected chi connectivity index (χ1v) is 4.84. The molecule has 0 aliphatic heterocycles. The lowest BCUT2D eigenvalue weighted by molar-refractivity contribution is 0.0600. The summed E-state index contributed by atoms with van der Waals surface area (Å²) in [5.74, 6) is -0.477. The van der Waals surface area contributed by atoms with E-state index in [4.69, 9.17) is 5.26 Å². The number of hydrogen-bond donors (Lipinski definition) is 0. The van der Waals surface area contributed by atoms with E-state index in [9.17, 15) is 4.79 Å². The summed E-state index contributed by atoms with van der Waals surface area (Å²) in [6.07, 6.45) is 0. The Labute approximate surface area is 99.3 Å². The molecule has 0 aromatic heterocycles. The molecule has 0 saturated heterocycles. The Morgan fingerprint density at radius 3 is 2.65 bits per heavy atom. The van der Waals surface area contributed by atoms with Crippen molar-refractivity contribution in [1.82, 2.24) is 0 Å². The highest BCUT2D eigenvalue weighted by atomic mass is 16.6. The molecule has 0 atom stereocenters. The molecule has 1 rings (SSSR count). The average molecular weight is 232 g/mol. The van der Waals surface area contributed by atoms with E-state index in [1.165, 1.54) is 20.3 Å². The van der Waals surface area contributed by atoms with E-state index in [-0.39, 0.29) is 0 Å². The van der Waals surface area contributed by atoms with Crippen LogP contribution < -0.4 is 0 Å². The second-order valence-electron chi connectivity index (χ2n) is 3.22. The first-order valence-electron chi connectivity index (χ1n) is 4.84. The fourth-order valence-corrected chi connectivity index (χ4v) is 1.38. The number of oxime groups is 1. The normalized spacial score (nSPS) is 10.6. The first-order chi connectivity index (χ1) is 8.13. The molecule has 0 spiro atoms. The average Bonchev–Trinajstić information content (AvgIpc) is 2.37. The highest BCUT2D eigenvalue weighted by Gasteiger charge is 2.11. The standard InChI is InChI=1S/C12H12N2O3/c1-8(14-17-3)11-5-4-9(12(15)16-2)6-10(11)7-13/h4-6H,1-3H3/b14-8-. The Balaban J connectivity index is 3.25. The van der Waals surface area contributed by atoms with E-state index < -0.39 is 5.97 Å². The molecule has 0 aliphatic rings. The maximum Gasteiger partial charge on any atom is 0.337 e. The molecule has 5 heteroatoms. The summed E-state index contributed by atoms with van der Waals surface area (Å²) in [7, 11) is 2.72. The second kappa shape index (κ2) is 5.66. The molecule has 0 radical (unpaired) electrons. The Hall–Kier alpha value is -2.35. The molecule has 0 saturated carbocycles. The molecule has 0 bridgehead atoms. The topological polar surface area (TPSA) is 71.7 Å². The molecule has 0 heterocycles. The SMILES string of the molecule is CO/N=C(/C)c1ccc(C(=O)OC)cc1C#N. The summed E-state index contributed by atoms with van der Waals surface area (Å²) in [4.78, 5) is 15.9. The fraction of sp³-hybridized carbons (Fsp3) is 0.250. The molecule has 0 unspecified atom stereocenters. The molecule has 5 nitrogen and oxygen atoms in total. The van der Waals surface area contributed by atoms with Crippen molar-refractivity contribution in [2.75, 3.05) is 14.2 Å². The van der Waals surface area contributed by atoms with Crippen molar-refractivity contribution in [3.63, 3.8) is 0 Å². The van der Waals surface area contributed by atoms with Crippen LogP contribution in [0, 0.1) is 11.3 Å². The summed E-state index contributed by atoms with van der Waals surface area (Å²) in [5.41, 5.74) is 1.88. The minimum absolute atomic E-state index is 0.331. The number of hydrogen-bond acceptors (Lipinski definition) is 5. The third kappa shape index (κ3) is 2.82. The van der Waals surface area contributed by atoms with Crippen LogP contribution in [-0.4, -0.2) is 25.9 Å². The predicted molar refractivity (Wildman–Crippen MR) is 61.7 cm³/mol. The van der Waals surface area contributed by atoms with Crippen molar-refractivity contribution in [1.29, 1.82) is 5.26 Å². The molecule has 88 valence electrons. The lowest BCUT2D eigenvalue weighted by Gasteiger charge is -2.05. The molecule has 0 aliphatic carbocycles. The van der Waals surface area contributed by atoms with Crippen LogP contribution in [0.25, 0.3) is 0 Å². The van der Waals surface area contributed by atoms with E-state index >= 15 is 0 Å². The van der Waals surface area contributed by atoms with Crippen LogP contribution >= 0.6 is 0 Å². The number of ether oxygens (including phenoxy) is 1. The third-order valence-electron chi connectivity index (χ3n) is 2.18. The van der Waals surface area contributed by atoms with E-state index in [1.807, 2.05) is 6.07 Å². The lowest BCUT2D eigenvalue weighted by atomic mass is 10.0. The van der Waals surface area contributed by atoms with Crippen molar-refractivity contribution in [3.05, 3.63) is 34.9 Å².